The summed E-state index contributed by atoms with van der Waals surface area (Å²) in [5.74, 6) is 1.68. The molecule has 0 unspecified atom stereocenters. The zero-order valence-electron chi connectivity index (χ0n) is 18.1. The fourth-order valence-corrected chi connectivity index (χ4v) is 4.91. The number of ketones is 1. The standard InChI is InChI=1S/C23H29N5O3/c1-25-14-15(13-24)17-3-4-19(31-2)18-11-20(26-21(17)18)27-22(30)28-9-7-23(8-10-28)6-5-16(29)12-23/h3-4,13-14H,5-12,24H2,1-2H3,(H,26,27,30). The summed E-state index contributed by atoms with van der Waals surface area (Å²) in [6.07, 6.45) is 7.76. The first-order valence-electron chi connectivity index (χ1n) is 10.7. The Balaban J connectivity index is 1.48. The van der Waals surface area contributed by atoms with Gasteiger partial charge in [0, 0.05) is 68.5 Å². The molecule has 1 aromatic carbocycles. The zero-order valence-corrected chi connectivity index (χ0v) is 18.1. The predicted molar refractivity (Wildman–Crippen MR) is 121 cm³/mol. The van der Waals surface area contributed by atoms with Gasteiger partial charge in [-0.15, -0.1) is 0 Å². The number of rotatable bonds is 3. The van der Waals surface area contributed by atoms with E-state index in [1.807, 2.05) is 17.0 Å². The van der Waals surface area contributed by atoms with Crippen LogP contribution in [0.1, 0.15) is 43.2 Å². The molecule has 8 heteroatoms. The molecule has 0 aromatic heterocycles. The number of carbonyl (C=O) groups is 2. The third-order valence-corrected chi connectivity index (χ3v) is 6.68. The average Bonchev–Trinajstić information content (AvgIpc) is 3.35. The van der Waals surface area contributed by atoms with Gasteiger partial charge in [-0.3, -0.25) is 15.1 Å². The number of Topliss-reactive ketones (excluding diaryl/α,β-unsaturated/α-hetero) is 1. The Morgan fingerprint density at radius 2 is 2.10 bits per heavy atom. The number of piperidine rings is 1. The molecule has 31 heavy (non-hydrogen) atoms. The van der Waals surface area contributed by atoms with Crippen LogP contribution < -0.4 is 15.8 Å². The van der Waals surface area contributed by atoms with Crippen LogP contribution in [0.25, 0.3) is 5.57 Å². The molecule has 164 valence electrons. The topological polar surface area (TPSA) is 109 Å². The van der Waals surface area contributed by atoms with Crippen molar-refractivity contribution in [2.24, 2.45) is 21.1 Å². The number of urea groups is 1. The van der Waals surface area contributed by atoms with Crippen LogP contribution in [0.4, 0.5) is 10.5 Å². The Bertz CT molecular complexity index is 987. The number of nitrogens with zero attached hydrogens (tertiary/aromatic N) is 3. The maximum Gasteiger partial charge on any atom is 0.322 e. The molecule has 4 rings (SSSR count). The van der Waals surface area contributed by atoms with E-state index in [4.69, 9.17) is 15.5 Å². The van der Waals surface area contributed by atoms with Crippen LogP contribution in [-0.4, -0.2) is 56.0 Å². The minimum Gasteiger partial charge on any atom is -0.496 e. The van der Waals surface area contributed by atoms with E-state index in [0.29, 0.717) is 44.0 Å². The molecule has 1 saturated heterocycles. The SMILES string of the molecule is CN=CC(=CN)c1ccc(OC)c2c1N=C(NC(=O)N1CCC3(CCC(=O)C3)CC1)C2. The highest BCUT2D eigenvalue weighted by molar-refractivity contribution is 6.13. The lowest BCUT2D eigenvalue weighted by atomic mass is 9.77. The largest absolute Gasteiger partial charge is 0.496 e. The number of fused-ring (bicyclic) bond motifs is 1. The van der Waals surface area contributed by atoms with Crippen molar-refractivity contribution in [1.29, 1.82) is 0 Å². The number of aliphatic imine (C=N–C) groups is 2. The summed E-state index contributed by atoms with van der Waals surface area (Å²) in [7, 11) is 3.31. The van der Waals surface area contributed by atoms with Crippen molar-refractivity contribution in [1.82, 2.24) is 10.2 Å². The highest BCUT2D eigenvalue weighted by atomic mass is 16.5. The summed E-state index contributed by atoms with van der Waals surface area (Å²) >= 11 is 0. The van der Waals surface area contributed by atoms with Gasteiger partial charge in [0.1, 0.15) is 17.4 Å². The minimum atomic E-state index is -0.143. The molecular weight excluding hydrogens is 394 g/mol. The third-order valence-electron chi connectivity index (χ3n) is 6.68. The number of nitrogens with one attached hydrogen (secondary N) is 1. The Hall–Kier alpha value is -3.16. The van der Waals surface area contributed by atoms with Crippen LogP contribution in [-0.2, 0) is 11.2 Å². The number of hydrogen-bond donors (Lipinski definition) is 2. The molecule has 3 aliphatic rings. The van der Waals surface area contributed by atoms with E-state index in [0.717, 1.165) is 47.4 Å². The van der Waals surface area contributed by atoms with Gasteiger partial charge in [0.05, 0.1) is 12.8 Å². The van der Waals surface area contributed by atoms with Gasteiger partial charge in [-0.05, 0) is 36.8 Å². The van der Waals surface area contributed by atoms with E-state index < -0.39 is 0 Å². The zero-order chi connectivity index (χ0) is 22.0. The maximum absolute atomic E-state index is 12.9. The molecule has 2 aliphatic heterocycles. The molecule has 2 amide bonds. The van der Waals surface area contributed by atoms with Crippen LogP contribution >= 0.6 is 0 Å². The monoisotopic (exact) mass is 423 g/mol. The molecule has 8 nitrogen and oxygen atoms in total. The van der Waals surface area contributed by atoms with Crippen molar-refractivity contribution in [2.75, 3.05) is 27.2 Å². The van der Waals surface area contributed by atoms with Crippen molar-refractivity contribution in [3.8, 4) is 5.75 Å². The maximum atomic E-state index is 12.9. The molecule has 0 bridgehead atoms. The van der Waals surface area contributed by atoms with Gasteiger partial charge in [0.15, 0.2) is 0 Å². The second-order valence-corrected chi connectivity index (χ2v) is 8.52. The van der Waals surface area contributed by atoms with E-state index in [1.54, 1.807) is 20.4 Å². The fraction of sp³-hybridized carbons (Fsp3) is 0.478. The first-order chi connectivity index (χ1) is 15.0. The van der Waals surface area contributed by atoms with E-state index in [1.165, 1.54) is 6.20 Å². The highest BCUT2D eigenvalue weighted by Gasteiger charge is 2.41. The number of benzene rings is 1. The van der Waals surface area contributed by atoms with Crippen LogP contribution in [0.3, 0.4) is 0 Å². The van der Waals surface area contributed by atoms with Crippen molar-refractivity contribution in [3.05, 3.63) is 29.5 Å². The molecule has 1 saturated carbocycles. The van der Waals surface area contributed by atoms with Crippen molar-refractivity contribution in [2.45, 2.75) is 38.5 Å². The molecule has 1 aromatic rings. The average molecular weight is 424 g/mol. The molecule has 2 fully saturated rings. The molecule has 1 aliphatic carbocycles. The number of amides is 2. The number of methoxy groups -OCH3 is 1. The Morgan fingerprint density at radius 3 is 2.71 bits per heavy atom. The number of hydrogen-bond acceptors (Lipinski definition) is 6. The second-order valence-electron chi connectivity index (χ2n) is 8.52. The van der Waals surface area contributed by atoms with E-state index in [2.05, 4.69) is 10.3 Å². The van der Waals surface area contributed by atoms with Crippen LogP contribution in [0, 0.1) is 5.41 Å². The lowest BCUT2D eigenvalue weighted by molar-refractivity contribution is -0.118. The fourth-order valence-electron chi connectivity index (χ4n) is 4.91. The first kappa shape index (κ1) is 21.1. The summed E-state index contributed by atoms with van der Waals surface area (Å²) < 4.78 is 5.51. The van der Waals surface area contributed by atoms with Gasteiger partial charge in [0.2, 0.25) is 0 Å². The lowest BCUT2D eigenvalue weighted by Crippen LogP contribution is -2.48. The summed E-state index contributed by atoms with van der Waals surface area (Å²) in [6, 6.07) is 3.64. The summed E-state index contributed by atoms with van der Waals surface area (Å²) in [6.45, 7) is 1.34. The smallest absolute Gasteiger partial charge is 0.322 e. The molecular formula is C23H29N5O3. The summed E-state index contributed by atoms with van der Waals surface area (Å²) in [5.41, 5.74) is 9.17. The lowest BCUT2D eigenvalue weighted by Gasteiger charge is -2.38. The summed E-state index contributed by atoms with van der Waals surface area (Å²) in [4.78, 5) is 35.2. The van der Waals surface area contributed by atoms with Crippen LogP contribution in [0.15, 0.2) is 28.3 Å². The number of likely N-dealkylation sites (tertiary alicyclic amines) is 1. The highest BCUT2D eigenvalue weighted by Crippen LogP contribution is 2.44. The van der Waals surface area contributed by atoms with E-state index >= 15 is 0 Å². The number of ether oxygens (including phenoxy) is 1. The van der Waals surface area contributed by atoms with Gasteiger partial charge in [0.25, 0.3) is 0 Å². The number of allylic oxidation sites excluding steroid dienone is 1. The van der Waals surface area contributed by atoms with Crippen molar-refractivity contribution >= 4 is 35.1 Å². The molecule has 0 radical (unpaired) electrons. The van der Waals surface area contributed by atoms with Crippen LogP contribution in [0.2, 0.25) is 0 Å². The molecule has 3 N–H and O–H groups in total. The molecule has 2 heterocycles. The van der Waals surface area contributed by atoms with Gasteiger partial charge < -0.3 is 15.4 Å². The Kier molecular flexibility index (Phi) is 5.80. The Morgan fingerprint density at radius 1 is 1.32 bits per heavy atom. The quantitative estimate of drug-likeness (QED) is 0.729. The minimum absolute atomic E-state index is 0.114. The first-order valence-corrected chi connectivity index (χ1v) is 10.7. The van der Waals surface area contributed by atoms with Crippen molar-refractivity contribution in [3.63, 3.8) is 0 Å². The second kappa shape index (κ2) is 8.53. The Labute approximate surface area is 182 Å². The predicted octanol–water partition coefficient (Wildman–Crippen LogP) is 2.83. The molecule has 1 spiro atoms. The normalized spacial score (nSPS) is 20.3. The van der Waals surface area contributed by atoms with Gasteiger partial charge in [-0.2, -0.15) is 0 Å². The summed E-state index contributed by atoms with van der Waals surface area (Å²) in [5, 5.41) is 2.98. The van der Waals surface area contributed by atoms with E-state index in [9.17, 15) is 9.59 Å². The van der Waals surface area contributed by atoms with Gasteiger partial charge >= 0.3 is 6.03 Å². The number of nitrogens with two attached hydrogens (primary N) is 1. The van der Waals surface area contributed by atoms with E-state index in [-0.39, 0.29) is 11.4 Å². The number of amidine groups is 1. The van der Waals surface area contributed by atoms with Crippen LogP contribution in [0.5, 0.6) is 5.75 Å². The van der Waals surface area contributed by atoms with Gasteiger partial charge in [-0.1, -0.05) is 0 Å². The number of carbonyl (C=O) groups excluding carboxylic acids is 2. The molecule has 0 atom stereocenters. The third kappa shape index (κ3) is 4.06. The van der Waals surface area contributed by atoms with Crippen molar-refractivity contribution < 1.29 is 14.3 Å². The van der Waals surface area contributed by atoms with Gasteiger partial charge in [-0.25, -0.2) is 9.79 Å².